The van der Waals surface area contributed by atoms with Gasteiger partial charge in [-0.2, -0.15) is 0 Å². The SMILES string of the molecule is CCc1cnc(CNC(=NC)NCc2cccc(S(N)(=O)=O)c2)s1. The van der Waals surface area contributed by atoms with Crippen molar-refractivity contribution in [1.82, 2.24) is 15.6 Å². The number of thiazole rings is 1. The van der Waals surface area contributed by atoms with Gasteiger partial charge >= 0.3 is 0 Å². The standard InChI is InChI=1S/C15H21N5O2S2/c1-3-12-9-18-14(23-12)10-20-15(17-2)19-8-11-5-4-6-13(7-11)24(16,21)22/h4-7,9H,3,8,10H2,1-2H3,(H2,16,21,22)(H2,17,19,20). The number of aliphatic imine (C=N–C) groups is 1. The molecule has 0 spiro atoms. The molecule has 0 bridgehead atoms. The molecule has 2 rings (SSSR count). The lowest BCUT2D eigenvalue weighted by atomic mass is 10.2. The maximum atomic E-state index is 11.4. The number of aryl methyl sites for hydroxylation is 1. The van der Waals surface area contributed by atoms with Gasteiger partial charge in [0.1, 0.15) is 5.01 Å². The topological polar surface area (TPSA) is 109 Å². The molecule has 1 heterocycles. The van der Waals surface area contributed by atoms with Crippen LogP contribution in [0.3, 0.4) is 0 Å². The summed E-state index contributed by atoms with van der Waals surface area (Å²) in [5, 5.41) is 12.5. The first-order valence-corrected chi connectivity index (χ1v) is 9.78. The van der Waals surface area contributed by atoms with E-state index in [9.17, 15) is 8.42 Å². The first kappa shape index (κ1) is 18.4. The third-order valence-corrected chi connectivity index (χ3v) is 5.32. The predicted molar refractivity (Wildman–Crippen MR) is 96.3 cm³/mol. The Hall–Kier alpha value is -1.97. The average molecular weight is 368 g/mol. The zero-order valence-electron chi connectivity index (χ0n) is 13.6. The summed E-state index contributed by atoms with van der Waals surface area (Å²) in [7, 11) is -2.02. The van der Waals surface area contributed by atoms with E-state index in [4.69, 9.17) is 5.14 Å². The normalized spacial score (nSPS) is 12.2. The highest BCUT2D eigenvalue weighted by molar-refractivity contribution is 7.89. The monoisotopic (exact) mass is 367 g/mol. The van der Waals surface area contributed by atoms with Gasteiger partial charge in [-0.05, 0) is 24.1 Å². The summed E-state index contributed by atoms with van der Waals surface area (Å²) in [5.41, 5.74) is 0.798. The van der Waals surface area contributed by atoms with Crippen LogP contribution in [0.5, 0.6) is 0 Å². The molecular formula is C15H21N5O2S2. The summed E-state index contributed by atoms with van der Waals surface area (Å²) >= 11 is 1.67. The first-order chi connectivity index (χ1) is 11.4. The molecule has 0 fully saturated rings. The van der Waals surface area contributed by atoms with Crippen LogP contribution in [-0.2, 0) is 29.5 Å². The number of aromatic nitrogens is 1. The molecule has 0 saturated carbocycles. The van der Waals surface area contributed by atoms with Crippen molar-refractivity contribution in [3.05, 3.63) is 45.9 Å². The Balaban J connectivity index is 1.92. The minimum absolute atomic E-state index is 0.0969. The summed E-state index contributed by atoms with van der Waals surface area (Å²) in [6.45, 7) is 3.11. The lowest BCUT2D eigenvalue weighted by Crippen LogP contribution is -2.36. The summed E-state index contributed by atoms with van der Waals surface area (Å²) in [6.07, 6.45) is 2.86. The van der Waals surface area contributed by atoms with Crippen LogP contribution in [0, 0.1) is 0 Å². The van der Waals surface area contributed by atoms with Crippen LogP contribution in [0.2, 0.25) is 0 Å². The smallest absolute Gasteiger partial charge is 0.238 e. The lowest BCUT2D eigenvalue weighted by Gasteiger charge is -2.11. The quantitative estimate of drug-likeness (QED) is 0.525. The summed E-state index contributed by atoms with van der Waals surface area (Å²) in [5.74, 6) is 0.615. The van der Waals surface area contributed by atoms with Gasteiger partial charge < -0.3 is 10.6 Å². The number of nitrogens with zero attached hydrogens (tertiary/aromatic N) is 2. The molecule has 0 aliphatic carbocycles. The van der Waals surface area contributed by atoms with Gasteiger partial charge in [-0.25, -0.2) is 18.5 Å². The van der Waals surface area contributed by atoms with Gasteiger partial charge in [-0.3, -0.25) is 4.99 Å². The summed E-state index contributed by atoms with van der Waals surface area (Å²) in [6, 6.07) is 6.50. The number of nitrogens with two attached hydrogens (primary N) is 1. The summed E-state index contributed by atoms with van der Waals surface area (Å²) in [4.78, 5) is 9.83. The van der Waals surface area contributed by atoms with E-state index in [1.807, 2.05) is 12.3 Å². The Morgan fingerprint density at radius 3 is 2.71 bits per heavy atom. The van der Waals surface area contributed by atoms with Gasteiger partial charge in [0, 0.05) is 24.7 Å². The second kappa shape index (κ2) is 8.22. The highest BCUT2D eigenvalue weighted by Crippen LogP contribution is 2.13. The molecule has 0 amide bonds. The van der Waals surface area contributed by atoms with E-state index in [0.29, 0.717) is 19.0 Å². The van der Waals surface area contributed by atoms with Gasteiger partial charge in [0.2, 0.25) is 10.0 Å². The van der Waals surface area contributed by atoms with Crippen molar-refractivity contribution >= 4 is 27.3 Å². The van der Waals surface area contributed by atoms with Gasteiger partial charge in [0.05, 0.1) is 11.4 Å². The zero-order chi connectivity index (χ0) is 17.6. The Kier molecular flexibility index (Phi) is 6.29. The molecule has 4 N–H and O–H groups in total. The number of primary sulfonamides is 1. The number of benzene rings is 1. The van der Waals surface area contributed by atoms with E-state index < -0.39 is 10.0 Å². The molecule has 0 atom stereocenters. The second-order valence-electron chi connectivity index (χ2n) is 5.05. The number of sulfonamides is 1. The van der Waals surface area contributed by atoms with Crippen molar-refractivity contribution in [2.24, 2.45) is 10.1 Å². The molecule has 9 heteroatoms. The maximum Gasteiger partial charge on any atom is 0.238 e. The number of guanidine groups is 1. The fourth-order valence-electron chi connectivity index (χ4n) is 1.99. The number of hydrogen-bond acceptors (Lipinski definition) is 5. The van der Waals surface area contributed by atoms with Gasteiger partial charge in [0.15, 0.2) is 5.96 Å². The predicted octanol–water partition coefficient (Wildman–Crippen LogP) is 1.22. The van der Waals surface area contributed by atoms with Crippen LogP contribution in [0.4, 0.5) is 0 Å². The van der Waals surface area contributed by atoms with Crippen molar-refractivity contribution < 1.29 is 8.42 Å². The molecule has 1 aromatic carbocycles. The van der Waals surface area contributed by atoms with Crippen LogP contribution in [-0.4, -0.2) is 26.4 Å². The van der Waals surface area contributed by atoms with E-state index in [1.165, 1.54) is 10.9 Å². The van der Waals surface area contributed by atoms with Crippen LogP contribution in [0.15, 0.2) is 40.4 Å². The van der Waals surface area contributed by atoms with E-state index in [-0.39, 0.29) is 4.90 Å². The van der Waals surface area contributed by atoms with Crippen molar-refractivity contribution in [3.8, 4) is 0 Å². The molecule has 0 radical (unpaired) electrons. The molecule has 24 heavy (non-hydrogen) atoms. The highest BCUT2D eigenvalue weighted by Gasteiger charge is 2.08. The average Bonchev–Trinajstić information content (AvgIpc) is 3.02. The van der Waals surface area contributed by atoms with Crippen molar-refractivity contribution in [2.75, 3.05) is 7.05 Å². The molecule has 0 aliphatic rings. The van der Waals surface area contributed by atoms with Gasteiger partial charge in [-0.15, -0.1) is 11.3 Å². The molecular weight excluding hydrogens is 346 g/mol. The molecule has 130 valence electrons. The highest BCUT2D eigenvalue weighted by atomic mass is 32.2. The Bertz CT molecular complexity index is 815. The van der Waals surface area contributed by atoms with Crippen LogP contribution < -0.4 is 15.8 Å². The molecule has 0 saturated heterocycles. The van der Waals surface area contributed by atoms with Crippen molar-refractivity contribution in [1.29, 1.82) is 0 Å². The van der Waals surface area contributed by atoms with E-state index in [0.717, 1.165) is 17.0 Å². The van der Waals surface area contributed by atoms with Crippen molar-refractivity contribution in [2.45, 2.75) is 31.3 Å². The number of rotatable bonds is 6. The number of nitrogens with one attached hydrogen (secondary N) is 2. The van der Waals surface area contributed by atoms with Gasteiger partial charge in [-0.1, -0.05) is 19.1 Å². The fraction of sp³-hybridized carbons (Fsp3) is 0.333. The molecule has 0 aliphatic heterocycles. The lowest BCUT2D eigenvalue weighted by molar-refractivity contribution is 0.597. The molecule has 7 nitrogen and oxygen atoms in total. The van der Waals surface area contributed by atoms with Crippen LogP contribution in [0.1, 0.15) is 22.4 Å². The van der Waals surface area contributed by atoms with E-state index >= 15 is 0 Å². The molecule has 2 aromatic rings. The van der Waals surface area contributed by atoms with Crippen LogP contribution in [0.25, 0.3) is 0 Å². The first-order valence-electron chi connectivity index (χ1n) is 7.42. The Morgan fingerprint density at radius 1 is 1.33 bits per heavy atom. The van der Waals surface area contributed by atoms with Crippen molar-refractivity contribution in [3.63, 3.8) is 0 Å². The maximum absolute atomic E-state index is 11.4. The molecule has 0 unspecified atom stereocenters. The third kappa shape index (κ3) is 5.29. The number of hydrogen-bond donors (Lipinski definition) is 3. The summed E-state index contributed by atoms with van der Waals surface area (Å²) < 4.78 is 22.8. The Labute approximate surface area is 146 Å². The van der Waals surface area contributed by atoms with E-state index in [1.54, 1.807) is 30.5 Å². The minimum Gasteiger partial charge on any atom is -0.352 e. The van der Waals surface area contributed by atoms with E-state index in [2.05, 4.69) is 27.5 Å². The fourth-order valence-corrected chi connectivity index (χ4v) is 3.38. The van der Waals surface area contributed by atoms with Crippen LogP contribution >= 0.6 is 11.3 Å². The largest absolute Gasteiger partial charge is 0.352 e. The zero-order valence-corrected chi connectivity index (χ0v) is 15.2. The minimum atomic E-state index is -3.70. The van der Waals surface area contributed by atoms with Gasteiger partial charge in [0.25, 0.3) is 0 Å². The Morgan fingerprint density at radius 2 is 2.08 bits per heavy atom. The molecule has 1 aromatic heterocycles. The second-order valence-corrected chi connectivity index (χ2v) is 7.81. The third-order valence-electron chi connectivity index (χ3n) is 3.27.